The van der Waals surface area contributed by atoms with Crippen LogP contribution in [0.5, 0.6) is 0 Å². The smallest absolute Gasteiger partial charge is 0.450 e. The van der Waals surface area contributed by atoms with E-state index in [9.17, 15) is 22.8 Å². The molecule has 0 spiro atoms. The predicted molar refractivity (Wildman–Crippen MR) is 146 cm³/mol. The van der Waals surface area contributed by atoms with Crippen LogP contribution in [0, 0.1) is 13.8 Å². The Morgan fingerprint density at radius 2 is 1.66 bits per heavy atom. The standard InChI is InChI=1S/C30H29F3N4O4/c1-4-40-29(39)24-18-26(37(34-24)25-8-6-5-7-19(25)2)21-9-11-22(12-10-21)35-13-15-36(16-14-35)28(38)23-17-20(3)41-27(23)30(31,32)33/h5-12,17-18H,4,13-16H2,1-3H3. The number of alkyl halides is 3. The fourth-order valence-electron chi connectivity index (χ4n) is 4.94. The van der Waals surface area contributed by atoms with Crippen LogP contribution in [0.3, 0.4) is 0 Å². The van der Waals surface area contributed by atoms with Crippen molar-refractivity contribution in [1.29, 1.82) is 0 Å². The zero-order valence-electron chi connectivity index (χ0n) is 22.9. The van der Waals surface area contributed by atoms with E-state index in [0.29, 0.717) is 13.1 Å². The summed E-state index contributed by atoms with van der Waals surface area (Å²) in [7, 11) is 0. The lowest BCUT2D eigenvalue weighted by atomic mass is 10.1. The Hall–Kier alpha value is -4.54. The van der Waals surface area contributed by atoms with Gasteiger partial charge in [-0.05, 0) is 56.7 Å². The number of hydrogen-bond donors (Lipinski definition) is 0. The highest BCUT2D eigenvalue weighted by Gasteiger charge is 2.41. The van der Waals surface area contributed by atoms with Gasteiger partial charge < -0.3 is 19.0 Å². The number of para-hydroxylation sites is 1. The number of carbonyl (C=O) groups excluding carboxylic acids is 2. The average Bonchev–Trinajstić information content (AvgIpc) is 3.58. The molecule has 0 atom stereocenters. The van der Waals surface area contributed by atoms with Gasteiger partial charge in [-0.2, -0.15) is 18.3 Å². The topological polar surface area (TPSA) is 80.8 Å². The second kappa shape index (κ2) is 11.1. The van der Waals surface area contributed by atoms with Crippen LogP contribution in [0.2, 0.25) is 0 Å². The second-order valence-corrected chi connectivity index (χ2v) is 9.76. The minimum atomic E-state index is -4.74. The molecule has 1 aliphatic heterocycles. The van der Waals surface area contributed by atoms with Gasteiger partial charge in [-0.1, -0.05) is 30.3 Å². The van der Waals surface area contributed by atoms with Crippen molar-refractivity contribution in [3.05, 3.63) is 89.0 Å². The van der Waals surface area contributed by atoms with Gasteiger partial charge in [-0.25, -0.2) is 9.48 Å². The summed E-state index contributed by atoms with van der Waals surface area (Å²) >= 11 is 0. The van der Waals surface area contributed by atoms with Crippen molar-refractivity contribution in [2.24, 2.45) is 0 Å². The Labute approximate surface area is 234 Å². The predicted octanol–water partition coefficient (Wildman–Crippen LogP) is 5.91. The first-order valence-electron chi connectivity index (χ1n) is 13.2. The number of aromatic nitrogens is 2. The van der Waals surface area contributed by atoms with Crippen LogP contribution in [-0.4, -0.2) is 59.3 Å². The van der Waals surface area contributed by atoms with Crippen LogP contribution >= 0.6 is 0 Å². The number of furan rings is 1. The molecule has 41 heavy (non-hydrogen) atoms. The molecule has 3 heterocycles. The van der Waals surface area contributed by atoms with Gasteiger partial charge in [0.2, 0.25) is 5.76 Å². The summed E-state index contributed by atoms with van der Waals surface area (Å²) in [6.45, 7) is 6.79. The van der Waals surface area contributed by atoms with Crippen LogP contribution in [0.1, 0.15) is 44.9 Å². The number of benzene rings is 2. The number of carbonyl (C=O) groups is 2. The van der Waals surface area contributed by atoms with E-state index in [-0.39, 0.29) is 31.2 Å². The molecule has 0 unspecified atom stereocenters. The number of anilines is 1. The van der Waals surface area contributed by atoms with Crippen molar-refractivity contribution >= 4 is 17.6 Å². The summed E-state index contributed by atoms with van der Waals surface area (Å²) < 4.78 is 51.7. The minimum Gasteiger partial charge on any atom is -0.461 e. The highest BCUT2D eigenvalue weighted by Crippen LogP contribution is 2.35. The normalized spacial score (nSPS) is 13.9. The summed E-state index contributed by atoms with van der Waals surface area (Å²) in [5.41, 5.74) is 4.04. The molecule has 0 bridgehead atoms. The molecule has 5 rings (SSSR count). The molecule has 0 N–H and O–H groups in total. The highest BCUT2D eigenvalue weighted by atomic mass is 19.4. The summed E-state index contributed by atoms with van der Waals surface area (Å²) in [5.74, 6) is -2.41. The van der Waals surface area contributed by atoms with Gasteiger partial charge in [0.15, 0.2) is 5.69 Å². The molecule has 1 fully saturated rings. The van der Waals surface area contributed by atoms with E-state index in [1.165, 1.54) is 11.8 Å². The first kappa shape index (κ1) is 28.0. The van der Waals surface area contributed by atoms with Gasteiger partial charge >= 0.3 is 12.1 Å². The van der Waals surface area contributed by atoms with Crippen LogP contribution in [0.15, 0.2) is 65.1 Å². The Kier molecular flexibility index (Phi) is 7.61. The number of hydrogen-bond acceptors (Lipinski definition) is 6. The molecule has 2 aromatic heterocycles. The average molecular weight is 567 g/mol. The van der Waals surface area contributed by atoms with Crippen molar-refractivity contribution in [2.45, 2.75) is 26.9 Å². The van der Waals surface area contributed by atoms with E-state index in [1.807, 2.05) is 55.5 Å². The minimum absolute atomic E-state index is 0.0394. The van der Waals surface area contributed by atoms with Gasteiger partial charge in [-0.3, -0.25) is 4.79 Å². The number of amides is 1. The first-order chi connectivity index (χ1) is 19.6. The van der Waals surface area contributed by atoms with E-state index in [0.717, 1.165) is 34.3 Å². The Morgan fingerprint density at radius 3 is 2.29 bits per heavy atom. The fraction of sp³-hybridized carbons (Fsp3) is 0.300. The van der Waals surface area contributed by atoms with E-state index in [4.69, 9.17) is 9.15 Å². The number of piperazine rings is 1. The monoisotopic (exact) mass is 566 g/mol. The maximum absolute atomic E-state index is 13.3. The third-order valence-corrected chi connectivity index (χ3v) is 6.98. The third kappa shape index (κ3) is 5.70. The fourth-order valence-corrected chi connectivity index (χ4v) is 4.94. The van der Waals surface area contributed by atoms with E-state index in [2.05, 4.69) is 10.00 Å². The zero-order chi connectivity index (χ0) is 29.3. The summed E-state index contributed by atoms with van der Waals surface area (Å²) in [5, 5.41) is 4.54. The second-order valence-electron chi connectivity index (χ2n) is 9.76. The SMILES string of the molecule is CCOC(=O)c1cc(-c2ccc(N3CCN(C(=O)c4cc(C)oc4C(F)(F)F)CC3)cc2)n(-c2ccccc2C)n1. The number of esters is 1. The molecule has 1 amide bonds. The Bertz CT molecular complexity index is 1570. The Balaban J connectivity index is 1.34. The van der Waals surface area contributed by atoms with E-state index < -0.39 is 29.4 Å². The molecule has 8 nitrogen and oxygen atoms in total. The molecule has 0 radical (unpaired) electrons. The zero-order valence-corrected chi connectivity index (χ0v) is 22.9. The molecule has 0 saturated carbocycles. The van der Waals surface area contributed by atoms with Crippen LogP contribution < -0.4 is 4.90 Å². The van der Waals surface area contributed by atoms with Crippen molar-refractivity contribution < 1.29 is 31.9 Å². The van der Waals surface area contributed by atoms with Crippen molar-refractivity contribution in [1.82, 2.24) is 14.7 Å². The van der Waals surface area contributed by atoms with Gasteiger partial charge in [0.1, 0.15) is 5.76 Å². The highest BCUT2D eigenvalue weighted by molar-refractivity contribution is 5.95. The molecule has 11 heteroatoms. The maximum atomic E-state index is 13.3. The third-order valence-electron chi connectivity index (χ3n) is 6.98. The van der Waals surface area contributed by atoms with Crippen molar-refractivity contribution in [2.75, 3.05) is 37.7 Å². The van der Waals surface area contributed by atoms with Gasteiger partial charge in [0.25, 0.3) is 5.91 Å². The van der Waals surface area contributed by atoms with Crippen molar-refractivity contribution in [3.63, 3.8) is 0 Å². The molecule has 214 valence electrons. The Morgan fingerprint density at radius 1 is 0.976 bits per heavy atom. The van der Waals surface area contributed by atoms with Crippen LogP contribution in [-0.2, 0) is 10.9 Å². The van der Waals surface area contributed by atoms with E-state index in [1.54, 1.807) is 17.7 Å². The summed E-state index contributed by atoms with van der Waals surface area (Å²) in [6.07, 6.45) is -4.74. The molecule has 4 aromatic rings. The number of nitrogens with zero attached hydrogens (tertiary/aromatic N) is 4. The molecular weight excluding hydrogens is 537 g/mol. The lowest BCUT2D eigenvalue weighted by Gasteiger charge is -2.36. The largest absolute Gasteiger partial charge is 0.461 e. The molecule has 2 aromatic carbocycles. The number of halogens is 3. The van der Waals surface area contributed by atoms with Gasteiger partial charge in [0.05, 0.1) is 23.6 Å². The summed E-state index contributed by atoms with van der Waals surface area (Å²) in [4.78, 5) is 28.8. The molecule has 1 saturated heterocycles. The van der Waals surface area contributed by atoms with Crippen molar-refractivity contribution in [3.8, 4) is 16.9 Å². The lowest BCUT2D eigenvalue weighted by molar-refractivity contribution is -0.153. The van der Waals surface area contributed by atoms with Crippen LogP contribution in [0.25, 0.3) is 16.9 Å². The number of aryl methyl sites for hydroxylation is 2. The van der Waals surface area contributed by atoms with E-state index >= 15 is 0 Å². The van der Waals surface area contributed by atoms with Gasteiger partial charge in [0, 0.05) is 37.4 Å². The lowest BCUT2D eigenvalue weighted by Crippen LogP contribution is -2.49. The molecule has 0 aliphatic carbocycles. The molecule has 1 aliphatic rings. The first-order valence-corrected chi connectivity index (χ1v) is 13.2. The number of rotatable bonds is 6. The van der Waals surface area contributed by atoms with Crippen LogP contribution in [0.4, 0.5) is 18.9 Å². The molecular formula is C30H29F3N4O4. The summed E-state index contributed by atoms with van der Waals surface area (Å²) in [6, 6.07) is 18.3. The number of ether oxygens (including phenoxy) is 1. The quantitative estimate of drug-likeness (QED) is 0.270. The van der Waals surface area contributed by atoms with Gasteiger partial charge in [-0.15, -0.1) is 0 Å². The maximum Gasteiger partial charge on any atom is 0.450 e.